The van der Waals surface area contributed by atoms with Gasteiger partial charge in [0.05, 0.1) is 45.0 Å². The van der Waals surface area contributed by atoms with E-state index in [1.165, 1.54) is 17.3 Å². The van der Waals surface area contributed by atoms with Crippen LogP contribution in [0.1, 0.15) is 11.1 Å². The maximum Gasteiger partial charge on any atom is 0.322 e. The molecule has 0 unspecified atom stereocenters. The molecule has 0 saturated carbocycles. The average Bonchev–Trinajstić information content (AvgIpc) is 3.06. The topological polar surface area (TPSA) is 113 Å². The van der Waals surface area contributed by atoms with Gasteiger partial charge in [-0.1, -0.05) is 41.9 Å². The third-order valence-electron chi connectivity index (χ3n) is 7.66. The van der Waals surface area contributed by atoms with Gasteiger partial charge in [0, 0.05) is 37.9 Å². The minimum Gasteiger partial charge on any atom is -0.495 e. The fourth-order valence-electron chi connectivity index (χ4n) is 5.41. The average molecular weight is 616 g/mol. The van der Waals surface area contributed by atoms with Crippen molar-refractivity contribution in [3.63, 3.8) is 0 Å². The second kappa shape index (κ2) is 13.3. The number of morpholine rings is 1. The van der Waals surface area contributed by atoms with E-state index >= 15 is 0 Å². The second-order valence-corrected chi connectivity index (χ2v) is 10.8. The van der Waals surface area contributed by atoms with Crippen LogP contribution in [-0.2, 0) is 17.7 Å². The van der Waals surface area contributed by atoms with Crippen molar-refractivity contribution in [1.29, 1.82) is 0 Å². The summed E-state index contributed by atoms with van der Waals surface area (Å²) in [6.45, 7) is 3.98. The molecule has 0 spiro atoms. The Balaban J connectivity index is 1.17. The first-order valence-corrected chi connectivity index (χ1v) is 14.8. The molecule has 4 aromatic rings. The number of methoxy groups -OCH3 is 2. The summed E-state index contributed by atoms with van der Waals surface area (Å²) in [4.78, 5) is 26.1. The maximum absolute atomic E-state index is 13.0. The predicted molar refractivity (Wildman–Crippen MR) is 172 cm³/mol. The minimum absolute atomic E-state index is 0.159. The molecule has 2 amide bonds. The van der Waals surface area contributed by atoms with Crippen LogP contribution in [0.5, 0.6) is 11.5 Å². The summed E-state index contributed by atoms with van der Waals surface area (Å²) in [5, 5.41) is 9.93. The Bertz CT molecular complexity index is 1650. The number of urea groups is 1. The Hall–Kier alpha value is -4.74. The third kappa shape index (κ3) is 6.43. The van der Waals surface area contributed by atoms with E-state index in [0.717, 1.165) is 36.6 Å². The van der Waals surface area contributed by atoms with Gasteiger partial charge in [-0.25, -0.2) is 9.78 Å². The van der Waals surface area contributed by atoms with Gasteiger partial charge >= 0.3 is 6.03 Å². The quantitative estimate of drug-likeness (QED) is 0.218. The Kier molecular flexibility index (Phi) is 8.85. The summed E-state index contributed by atoms with van der Waals surface area (Å²) >= 11 is 6.53. The van der Waals surface area contributed by atoms with Gasteiger partial charge < -0.3 is 40.0 Å². The number of hydrogen-bond acceptors (Lipinski definition) is 9. The molecule has 0 aliphatic carbocycles. The molecule has 1 fully saturated rings. The number of para-hydroxylation sites is 1. The van der Waals surface area contributed by atoms with Crippen molar-refractivity contribution in [1.82, 2.24) is 14.9 Å². The molecular formula is C32H34ClN7O4. The van der Waals surface area contributed by atoms with Gasteiger partial charge in [0.1, 0.15) is 22.2 Å². The van der Waals surface area contributed by atoms with Crippen LogP contribution in [0.25, 0.3) is 0 Å². The zero-order valence-electron chi connectivity index (χ0n) is 24.6. The summed E-state index contributed by atoms with van der Waals surface area (Å²) in [6.07, 6.45) is 2.37. The second-order valence-electron chi connectivity index (χ2n) is 10.4. The molecule has 2 aliphatic heterocycles. The number of carbonyl (C=O) groups excluding carboxylic acids is 1. The van der Waals surface area contributed by atoms with Crippen molar-refractivity contribution in [2.75, 3.05) is 67.9 Å². The molecule has 12 heteroatoms. The highest BCUT2D eigenvalue weighted by atomic mass is 35.5. The molecule has 0 radical (unpaired) electrons. The largest absolute Gasteiger partial charge is 0.495 e. The molecule has 228 valence electrons. The number of carbonyl (C=O) groups is 1. The first-order valence-electron chi connectivity index (χ1n) is 14.4. The van der Waals surface area contributed by atoms with Crippen molar-refractivity contribution < 1.29 is 19.0 Å². The molecule has 44 heavy (non-hydrogen) atoms. The van der Waals surface area contributed by atoms with Gasteiger partial charge in [-0.15, -0.1) is 0 Å². The van der Waals surface area contributed by atoms with Crippen LogP contribution >= 0.6 is 11.6 Å². The molecule has 2 aliphatic rings. The number of fused-ring (bicyclic) bond motifs is 1. The van der Waals surface area contributed by atoms with Gasteiger partial charge in [-0.05, 0) is 41.8 Å². The van der Waals surface area contributed by atoms with E-state index in [-0.39, 0.29) is 6.03 Å². The predicted octanol–water partition coefficient (Wildman–Crippen LogP) is 6.06. The molecule has 3 N–H and O–H groups in total. The molecule has 11 nitrogen and oxygen atoms in total. The number of hydrogen-bond donors (Lipinski definition) is 3. The van der Waals surface area contributed by atoms with Gasteiger partial charge in [-0.3, -0.25) is 0 Å². The summed E-state index contributed by atoms with van der Waals surface area (Å²) < 4.78 is 16.9. The van der Waals surface area contributed by atoms with Crippen LogP contribution in [0.4, 0.5) is 39.3 Å². The Labute approximate surface area is 261 Å². The highest BCUT2D eigenvalue weighted by Gasteiger charge is 2.22. The number of rotatable bonds is 8. The van der Waals surface area contributed by atoms with Crippen LogP contribution in [0.3, 0.4) is 0 Å². The van der Waals surface area contributed by atoms with Gasteiger partial charge in [0.2, 0.25) is 5.95 Å². The monoisotopic (exact) mass is 615 g/mol. The van der Waals surface area contributed by atoms with Gasteiger partial charge in [0.25, 0.3) is 0 Å². The molecule has 0 atom stereocenters. The Morgan fingerprint density at radius 2 is 1.70 bits per heavy atom. The Morgan fingerprint density at radius 3 is 2.50 bits per heavy atom. The van der Waals surface area contributed by atoms with Gasteiger partial charge in [0.15, 0.2) is 5.82 Å². The van der Waals surface area contributed by atoms with Crippen molar-refractivity contribution in [3.05, 3.63) is 83.0 Å². The zero-order chi connectivity index (χ0) is 30.5. The van der Waals surface area contributed by atoms with Crippen LogP contribution in [-0.4, -0.2) is 68.0 Å². The standard InChI is InChI=1S/C32H34ClN7O4/c1-42-27-9-5-8-26(29(27)39-14-16-44-17-15-39)36-30-24(33)19-34-31(38-30)37-25-11-10-23(18-28(25)43-2)35-32(41)40-13-12-21-6-3-4-7-22(21)20-40/h3-11,18-19H,12-17,20H2,1-2H3,(H,35,41)(H2,34,36,37,38). The highest BCUT2D eigenvalue weighted by molar-refractivity contribution is 6.33. The third-order valence-corrected chi connectivity index (χ3v) is 7.94. The molecule has 0 bridgehead atoms. The fraction of sp³-hybridized carbons (Fsp3) is 0.281. The maximum atomic E-state index is 13.0. The lowest BCUT2D eigenvalue weighted by Crippen LogP contribution is -2.38. The minimum atomic E-state index is -0.159. The number of ether oxygens (including phenoxy) is 3. The fourth-order valence-corrected chi connectivity index (χ4v) is 5.55. The molecule has 1 aromatic heterocycles. The Morgan fingerprint density at radius 1 is 0.909 bits per heavy atom. The van der Waals surface area contributed by atoms with E-state index in [2.05, 4.69) is 43.0 Å². The first-order chi connectivity index (χ1) is 21.5. The molecule has 3 aromatic carbocycles. The molecular weight excluding hydrogens is 582 g/mol. The van der Waals surface area contributed by atoms with E-state index in [1.54, 1.807) is 26.4 Å². The zero-order valence-corrected chi connectivity index (χ0v) is 25.4. The lowest BCUT2D eigenvalue weighted by molar-refractivity contribution is 0.122. The number of benzene rings is 3. The first kappa shape index (κ1) is 29.3. The number of amides is 2. The van der Waals surface area contributed by atoms with Crippen molar-refractivity contribution >= 4 is 52.1 Å². The summed E-state index contributed by atoms with van der Waals surface area (Å²) in [7, 11) is 3.22. The summed E-state index contributed by atoms with van der Waals surface area (Å²) in [6, 6.07) is 19.2. The number of anilines is 6. The van der Waals surface area contributed by atoms with E-state index in [0.29, 0.717) is 60.2 Å². The molecule has 6 rings (SSSR count). The van der Waals surface area contributed by atoms with Crippen LogP contribution in [0, 0.1) is 0 Å². The molecule has 1 saturated heterocycles. The van der Waals surface area contributed by atoms with Crippen molar-refractivity contribution in [2.45, 2.75) is 13.0 Å². The van der Waals surface area contributed by atoms with Crippen molar-refractivity contribution in [2.24, 2.45) is 0 Å². The number of halogens is 1. The van der Waals surface area contributed by atoms with Crippen molar-refractivity contribution in [3.8, 4) is 11.5 Å². The SMILES string of the molecule is COc1cc(NC(=O)N2CCc3ccccc3C2)ccc1Nc1ncc(Cl)c(Nc2cccc(OC)c2N2CCOCC2)n1. The number of nitrogens with one attached hydrogen (secondary N) is 3. The number of nitrogens with zero attached hydrogens (tertiary/aromatic N) is 4. The van der Waals surface area contributed by atoms with Gasteiger partial charge in [-0.2, -0.15) is 4.98 Å². The van der Waals surface area contributed by atoms with Crippen LogP contribution in [0.15, 0.2) is 66.9 Å². The van der Waals surface area contributed by atoms with E-state index in [4.69, 9.17) is 25.8 Å². The number of aromatic nitrogens is 2. The lowest BCUT2D eigenvalue weighted by atomic mass is 10.0. The van der Waals surface area contributed by atoms with E-state index in [1.807, 2.05) is 41.3 Å². The van der Waals surface area contributed by atoms with E-state index in [9.17, 15) is 4.79 Å². The highest BCUT2D eigenvalue weighted by Crippen LogP contribution is 2.39. The summed E-state index contributed by atoms with van der Waals surface area (Å²) in [5.74, 6) is 2.00. The summed E-state index contributed by atoms with van der Waals surface area (Å²) in [5.41, 5.74) is 5.41. The van der Waals surface area contributed by atoms with Crippen LogP contribution < -0.4 is 30.3 Å². The lowest BCUT2D eigenvalue weighted by Gasteiger charge is -2.31. The smallest absolute Gasteiger partial charge is 0.322 e. The normalized spacial score (nSPS) is 14.4. The van der Waals surface area contributed by atoms with Crippen LogP contribution in [0.2, 0.25) is 5.02 Å². The van der Waals surface area contributed by atoms with E-state index < -0.39 is 0 Å². The molecule has 3 heterocycles.